The van der Waals surface area contributed by atoms with Crippen LogP contribution in [0.15, 0.2) is 24.4 Å². The molecule has 52 valence electrons. The summed E-state index contributed by atoms with van der Waals surface area (Å²) in [6, 6.07) is 5.86. The Balaban J connectivity index is 2.87. The third kappa shape index (κ3) is 1.97. The number of nitrogens with zero attached hydrogens (tertiary/aromatic N) is 2. The van der Waals surface area contributed by atoms with Gasteiger partial charge in [0.1, 0.15) is 19.8 Å². The van der Waals surface area contributed by atoms with E-state index < -0.39 is 0 Å². The molecule has 10 heavy (non-hydrogen) atoms. The third-order valence-electron chi connectivity index (χ3n) is 1.08. The summed E-state index contributed by atoms with van der Waals surface area (Å²) in [5, 5.41) is 0. The first-order valence-electron chi connectivity index (χ1n) is 3.21. The summed E-state index contributed by atoms with van der Waals surface area (Å²) in [6.07, 6.45) is 3.76. The van der Waals surface area contributed by atoms with Crippen LogP contribution in [0, 0.1) is 0 Å². The first kappa shape index (κ1) is 6.93. The van der Waals surface area contributed by atoms with Crippen LogP contribution >= 0.6 is 0 Å². The minimum Gasteiger partial charge on any atom is -0.251 e. The number of aromatic nitrogens is 1. The van der Waals surface area contributed by atoms with Gasteiger partial charge in [-0.15, -0.1) is 0 Å². The van der Waals surface area contributed by atoms with E-state index in [4.69, 9.17) is 0 Å². The molecule has 0 bridgehead atoms. The fourth-order valence-corrected chi connectivity index (χ4v) is 0.717. The van der Waals surface area contributed by atoms with Crippen molar-refractivity contribution in [2.75, 3.05) is 14.1 Å². The molecule has 0 aliphatic heterocycles. The highest BCUT2D eigenvalue weighted by Gasteiger charge is 1.89. The smallest absolute Gasteiger partial charge is 0.188 e. The number of rotatable bonds is 1. The van der Waals surface area contributed by atoms with E-state index in [0.29, 0.717) is 0 Å². The molecule has 0 radical (unpaired) electrons. The highest BCUT2D eigenvalue weighted by atomic mass is 14.9. The Hall–Kier alpha value is -1.18. The Kier molecular flexibility index (Phi) is 2.15. The van der Waals surface area contributed by atoms with Crippen molar-refractivity contribution in [3.8, 4) is 0 Å². The van der Waals surface area contributed by atoms with Gasteiger partial charge in [-0.2, -0.15) is 0 Å². The summed E-state index contributed by atoms with van der Waals surface area (Å²) in [4.78, 5) is 4.12. The van der Waals surface area contributed by atoms with Gasteiger partial charge in [0.15, 0.2) is 6.21 Å². The SMILES string of the molecule is C[N+](C)=Cc1ccccn1. The second kappa shape index (κ2) is 3.11. The fourth-order valence-electron chi connectivity index (χ4n) is 0.717. The van der Waals surface area contributed by atoms with Gasteiger partial charge in [-0.1, -0.05) is 6.07 Å². The van der Waals surface area contributed by atoms with Gasteiger partial charge >= 0.3 is 0 Å². The van der Waals surface area contributed by atoms with Gasteiger partial charge in [-0.05, 0) is 12.1 Å². The summed E-state index contributed by atoms with van der Waals surface area (Å²) >= 11 is 0. The Labute approximate surface area is 60.9 Å². The van der Waals surface area contributed by atoms with Crippen LogP contribution in [0.4, 0.5) is 0 Å². The monoisotopic (exact) mass is 135 g/mol. The fraction of sp³-hybridized carbons (Fsp3) is 0.250. The molecule has 0 atom stereocenters. The summed E-state index contributed by atoms with van der Waals surface area (Å²) in [7, 11) is 3.96. The van der Waals surface area contributed by atoms with Crippen molar-refractivity contribution in [1.82, 2.24) is 4.98 Å². The first-order valence-corrected chi connectivity index (χ1v) is 3.21. The van der Waals surface area contributed by atoms with Crippen molar-refractivity contribution in [3.05, 3.63) is 30.1 Å². The Bertz CT molecular complexity index is 222. The molecule has 0 spiro atoms. The molecule has 0 unspecified atom stereocenters. The zero-order valence-electron chi connectivity index (χ0n) is 6.28. The van der Waals surface area contributed by atoms with E-state index >= 15 is 0 Å². The molecule has 0 N–H and O–H groups in total. The molecule has 0 saturated carbocycles. The second-order valence-corrected chi connectivity index (χ2v) is 2.35. The third-order valence-corrected chi connectivity index (χ3v) is 1.08. The lowest BCUT2D eigenvalue weighted by molar-refractivity contribution is -0.458. The predicted molar refractivity (Wildman–Crippen MR) is 41.5 cm³/mol. The van der Waals surface area contributed by atoms with Crippen molar-refractivity contribution in [1.29, 1.82) is 0 Å². The van der Waals surface area contributed by atoms with Gasteiger partial charge in [-0.3, -0.25) is 4.98 Å². The molecule has 0 aliphatic rings. The van der Waals surface area contributed by atoms with Gasteiger partial charge in [0.05, 0.1) is 0 Å². The van der Waals surface area contributed by atoms with Gasteiger partial charge in [0.2, 0.25) is 0 Å². The lowest BCUT2D eigenvalue weighted by Gasteiger charge is -1.86. The average Bonchev–Trinajstić information content (AvgIpc) is 1.88. The Morgan fingerprint density at radius 3 is 2.70 bits per heavy atom. The second-order valence-electron chi connectivity index (χ2n) is 2.35. The molecule has 1 rings (SSSR count). The topological polar surface area (TPSA) is 15.9 Å². The molecule has 0 aromatic carbocycles. The largest absolute Gasteiger partial charge is 0.251 e. The van der Waals surface area contributed by atoms with Crippen molar-refractivity contribution >= 4 is 6.21 Å². The molecule has 0 saturated heterocycles. The lowest BCUT2D eigenvalue weighted by Crippen LogP contribution is -2.00. The minimum atomic E-state index is 0.993. The van der Waals surface area contributed by atoms with Crippen LogP contribution in [-0.4, -0.2) is 29.9 Å². The lowest BCUT2D eigenvalue weighted by atomic mass is 10.4. The molecule has 1 aromatic rings. The molecule has 2 heteroatoms. The van der Waals surface area contributed by atoms with Crippen molar-refractivity contribution in [2.45, 2.75) is 0 Å². The van der Waals surface area contributed by atoms with E-state index in [2.05, 4.69) is 4.98 Å². The minimum absolute atomic E-state index is 0.993. The van der Waals surface area contributed by atoms with E-state index in [-0.39, 0.29) is 0 Å². The number of hydrogen-bond acceptors (Lipinski definition) is 1. The Morgan fingerprint density at radius 1 is 1.40 bits per heavy atom. The molecule has 0 fully saturated rings. The maximum Gasteiger partial charge on any atom is 0.188 e. The number of hydrogen-bond donors (Lipinski definition) is 0. The van der Waals surface area contributed by atoms with E-state index in [1.165, 1.54) is 0 Å². The molecular weight excluding hydrogens is 124 g/mol. The van der Waals surface area contributed by atoms with E-state index in [9.17, 15) is 0 Å². The maximum atomic E-state index is 4.12. The van der Waals surface area contributed by atoms with Gasteiger partial charge in [0.25, 0.3) is 0 Å². The van der Waals surface area contributed by atoms with Gasteiger partial charge in [-0.25, -0.2) is 4.58 Å². The highest BCUT2D eigenvalue weighted by molar-refractivity contribution is 5.72. The van der Waals surface area contributed by atoms with Crippen LogP contribution in [0.2, 0.25) is 0 Å². The number of pyridine rings is 1. The van der Waals surface area contributed by atoms with Gasteiger partial charge < -0.3 is 0 Å². The molecule has 2 nitrogen and oxygen atoms in total. The van der Waals surface area contributed by atoms with Crippen molar-refractivity contribution in [2.24, 2.45) is 0 Å². The predicted octanol–water partition coefficient (Wildman–Crippen LogP) is 0.773. The molecule has 0 aliphatic carbocycles. The zero-order valence-corrected chi connectivity index (χ0v) is 6.28. The highest BCUT2D eigenvalue weighted by Crippen LogP contribution is 1.86. The quantitative estimate of drug-likeness (QED) is 0.410. The summed E-state index contributed by atoms with van der Waals surface area (Å²) < 4.78 is 1.97. The summed E-state index contributed by atoms with van der Waals surface area (Å²) in [5.74, 6) is 0. The van der Waals surface area contributed by atoms with Crippen LogP contribution in [0.3, 0.4) is 0 Å². The van der Waals surface area contributed by atoms with E-state index in [1.807, 2.05) is 43.1 Å². The molecule has 1 aromatic heterocycles. The molecule has 1 heterocycles. The van der Waals surface area contributed by atoms with E-state index in [0.717, 1.165) is 5.69 Å². The van der Waals surface area contributed by atoms with Crippen LogP contribution in [0.25, 0.3) is 0 Å². The van der Waals surface area contributed by atoms with Crippen LogP contribution in [0.1, 0.15) is 5.69 Å². The van der Waals surface area contributed by atoms with Crippen molar-refractivity contribution < 1.29 is 4.58 Å². The molecular formula is C8H11N2+. The zero-order chi connectivity index (χ0) is 7.40. The van der Waals surface area contributed by atoms with Gasteiger partial charge in [0, 0.05) is 6.20 Å². The average molecular weight is 135 g/mol. The van der Waals surface area contributed by atoms with Crippen molar-refractivity contribution in [3.63, 3.8) is 0 Å². The standard InChI is InChI=1S/C8H11N2/c1-10(2)7-8-5-3-4-6-9-8/h3-7H,1-2H3/q+1. The van der Waals surface area contributed by atoms with E-state index in [1.54, 1.807) is 6.20 Å². The first-order chi connectivity index (χ1) is 4.79. The van der Waals surface area contributed by atoms with Crippen LogP contribution < -0.4 is 0 Å². The summed E-state index contributed by atoms with van der Waals surface area (Å²) in [6.45, 7) is 0. The maximum absolute atomic E-state index is 4.12. The van der Waals surface area contributed by atoms with Crippen LogP contribution in [-0.2, 0) is 0 Å². The normalized spacial score (nSPS) is 9.00. The van der Waals surface area contributed by atoms with Crippen LogP contribution in [0.5, 0.6) is 0 Å². The summed E-state index contributed by atoms with van der Waals surface area (Å²) in [5.41, 5.74) is 0.993. The Morgan fingerprint density at radius 2 is 2.20 bits per heavy atom. The molecule has 0 amide bonds.